The molecule has 1 aliphatic heterocycles. The van der Waals surface area contributed by atoms with E-state index in [1.54, 1.807) is 9.58 Å². The molecule has 25 heavy (non-hydrogen) atoms. The molecule has 1 fully saturated rings. The fourth-order valence-corrected chi connectivity index (χ4v) is 3.87. The molecular weight excluding hydrogens is 336 g/mol. The number of carbonyl (C=O) groups is 1. The van der Waals surface area contributed by atoms with Crippen molar-refractivity contribution in [1.29, 1.82) is 0 Å². The highest BCUT2D eigenvalue weighted by Gasteiger charge is 2.27. The van der Waals surface area contributed by atoms with E-state index in [9.17, 15) is 4.79 Å². The number of benzene rings is 1. The van der Waals surface area contributed by atoms with Gasteiger partial charge in [-0.1, -0.05) is 42.1 Å². The number of piperazine rings is 1. The minimum absolute atomic E-state index is 0.175. The highest BCUT2D eigenvalue weighted by molar-refractivity contribution is 8.00. The summed E-state index contributed by atoms with van der Waals surface area (Å²) in [5, 5.41) is 12.4. The zero-order valence-electron chi connectivity index (χ0n) is 14.8. The summed E-state index contributed by atoms with van der Waals surface area (Å²) in [6.45, 7) is 9.60. The minimum atomic E-state index is -0.191. The van der Waals surface area contributed by atoms with Crippen LogP contribution in [-0.4, -0.2) is 69.0 Å². The minimum Gasteiger partial charge on any atom is -0.332 e. The van der Waals surface area contributed by atoms with Gasteiger partial charge < -0.3 is 9.80 Å². The van der Waals surface area contributed by atoms with Crippen LogP contribution in [0.25, 0.3) is 0 Å². The third-order valence-corrected chi connectivity index (χ3v) is 5.64. The number of hydrogen-bond acceptors (Lipinski definition) is 5. The smallest absolute Gasteiger partial charge is 0.236 e. The second-order valence-corrected chi connectivity index (χ2v) is 7.60. The summed E-state index contributed by atoms with van der Waals surface area (Å²) in [5.74, 6) is 0.175. The quantitative estimate of drug-likeness (QED) is 0.731. The molecule has 0 saturated carbocycles. The van der Waals surface area contributed by atoms with E-state index in [0.29, 0.717) is 11.7 Å². The summed E-state index contributed by atoms with van der Waals surface area (Å²) in [4.78, 5) is 16.2. The number of amides is 1. The van der Waals surface area contributed by atoms with Crippen LogP contribution in [0.3, 0.4) is 0 Å². The lowest BCUT2D eigenvalue weighted by atomic mass is 10.2. The monoisotopic (exact) mass is 361 g/mol. The second kappa shape index (κ2) is 8.44. The number of hydrogen-bond donors (Lipinski definition) is 1. The summed E-state index contributed by atoms with van der Waals surface area (Å²) in [6, 6.07) is 10.1. The molecule has 1 atom stereocenters. The van der Waals surface area contributed by atoms with Crippen molar-refractivity contribution in [2.75, 3.05) is 32.7 Å². The van der Waals surface area contributed by atoms with E-state index in [0.717, 1.165) is 38.3 Å². The molecule has 1 aromatic carbocycles. The Kier molecular flexibility index (Phi) is 6.04. The fraction of sp³-hybridized carbons (Fsp3) is 0.529. The number of rotatable bonds is 6. The molecule has 134 valence electrons. The first kappa shape index (κ1) is 17.9. The number of nitrogens with one attached hydrogen (secondary N) is 1. The number of thioether (sulfide) groups is 1. The SMILES string of the molecule is CC[NH+]1CCN(C(=O)[C@H](C)Sc2nnnn2Cc2ccccc2)CC1. The van der Waals surface area contributed by atoms with Crippen molar-refractivity contribution < 1.29 is 9.69 Å². The molecule has 7 nitrogen and oxygen atoms in total. The zero-order valence-corrected chi connectivity index (χ0v) is 15.6. The molecular formula is C17H25N6OS+. The fourth-order valence-electron chi connectivity index (χ4n) is 3.00. The lowest BCUT2D eigenvalue weighted by Crippen LogP contribution is -3.14. The van der Waals surface area contributed by atoms with Gasteiger partial charge in [0, 0.05) is 0 Å². The molecule has 0 unspecified atom stereocenters. The highest BCUT2D eigenvalue weighted by Crippen LogP contribution is 2.22. The van der Waals surface area contributed by atoms with Gasteiger partial charge >= 0.3 is 0 Å². The van der Waals surface area contributed by atoms with Gasteiger partial charge in [0.2, 0.25) is 11.1 Å². The van der Waals surface area contributed by atoms with E-state index in [2.05, 4.69) is 22.4 Å². The Labute approximate surface area is 152 Å². The normalized spacial score (nSPS) is 16.8. The topological polar surface area (TPSA) is 68.3 Å². The van der Waals surface area contributed by atoms with Crippen LogP contribution in [0.4, 0.5) is 0 Å². The Balaban J connectivity index is 1.59. The van der Waals surface area contributed by atoms with Crippen molar-refractivity contribution >= 4 is 17.7 Å². The maximum Gasteiger partial charge on any atom is 0.236 e. The Morgan fingerprint density at radius 2 is 2.00 bits per heavy atom. The first-order valence-corrected chi connectivity index (χ1v) is 9.64. The van der Waals surface area contributed by atoms with Gasteiger partial charge in [-0.05, 0) is 29.8 Å². The van der Waals surface area contributed by atoms with E-state index in [-0.39, 0.29) is 11.2 Å². The van der Waals surface area contributed by atoms with E-state index >= 15 is 0 Å². The van der Waals surface area contributed by atoms with Gasteiger partial charge in [0.25, 0.3) is 0 Å². The number of nitrogens with zero attached hydrogens (tertiary/aromatic N) is 5. The standard InChI is InChI=1S/C17H24N6OS/c1-3-21-9-11-22(12-10-21)16(24)14(2)25-17-18-19-20-23(17)13-15-7-5-4-6-8-15/h4-8,14H,3,9-13H2,1-2H3/p+1/t14-/m0/s1. The molecule has 2 heterocycles. The number of carbonyl (C=O) groups excluding carboxylic acids is 1. The highest BCUT2D eigenvalue weighted by atomic mass is 32.2. The van der Waals surface area contributed by atoms with Crippen molar-refractivity contribution in [3.8, 4) is 0 Å². The van der Waals surface area contributed by atoms with E-state index in [4.69, 9.17) is 0 Å². The predicted molar refractivity (Wildman–Crippen MR) is 96.5 cm³/mol. The number of aromatic nitrogens is 4. The third kappa shape index (κ3) is 4.58. The Hall–Kier alpha value is -1.93. The molecule has 3 rings (SSSR count). The van der Waals surface area contributed by atoms with Crippen LogP contribution in [0.1, 0.15) is 19.4 Å². The van der Waals surface area contributed by atoms with Crippen molar-refractivity contribution in [3.63, 3.8) is 0 Å². The molecule has 1 amide bonds. The summed E-state index contributed by atoms with van der Waals surface area (Å²) < 4.78 is 1.75. The lowest BCUT2D eigenvalue weighted by Gasteiger charge is -2.32. The van der Waals surface area contributed by atoms with Crippen LogP contribution in [-0.2, 0) is 11.3 Å². The molecule has 1 saturated heterocycles. The summed E-state index contributed by atoms with van der Waals surface area (Å²) in [7, 11) is 0. The van der Waals surface area contributed by atoms with Gasteiger partial charge in [0.05, 0.1) is 44.5 Å². The molecule has 1 N–H and O–H groups in total. The first-order chi connectivity index (χ1) is 12.2. The van der Waals surface area contributed by atoms with Gasteiger partial charge in [0.1, 0.15) is 0 Å². The Bertz CT molecular complexity index is 683. The largest absolute Gasteiger partial charge is 0.332 e. The number of tetrazole rings is 1. The molecule has 1 aliphatic rings. The van der Waals surface area contributed by atoms with Crippen LogP contribution < -0.4 is 4.90 Å². The van der Waals surface area contributed by atoms with Crippen molar-refractivity contribution in [1.82, 2.24) is 25.1 Å². The van der Waals surface area contributed by atoms with Gasteiger partial charge in [-0.3, -0.25) is 4.79 Å². The average molecular weight is 361 g/mol. The van der Waals surface area contributed by atoms with Crippen LogP contribution in [0.15, 0.2) is 35.5 Å². The third-order valence-electron chi connectivity index (χ3n) is 4.59. The Morgan fingerprint density at radius 3 is 2.68 bits per heavy atom. The molecule has 0 aliphatic carbocycles. The molecule has 0 bridgehead atoms. The molecule has 1 aromatic heterocycles. The maximum absolute atomic E-state index is 12.7. The number of quaternary nitrogens is 1. The van der Waals surface area contributed by atoms with Crippen LogP contribution in [0.2, 0.25) is 0 Å². The zero-order chi connectivity index (χ0) is 17.6. The van der Waals surface area contributed by atoms with Crippen molar-refractivity contribution in [3.05, 3.63) is 35.9 Å². The molecule has 0 radical (unpaired) electrons. The van der Waals surface area contributed by atoms with Crippen LogP contribution >= 0.6 is 11.8 Å². The van der Waals surface area contributed by atoms with Crippen LogP contribution in [0, 0.1) is 0 Å². The average Bonchev–Trinajstić information content (AvgIpc) is 3.08. The summed E-state index contributed by atoms with van der Waals surface area (Å²) in [6.07, 6.45) is 0. The van der Waals surface area contributed by atoms with E-state index in [1.165, 1.54) is 11.8 Å². The van der Waals surface area contributed by atoms with Gasteiger partial charge in [-0.15, -0.1) is 5.10 Å². The molecule has 2 aromatic rings. The number of likely N-dealkylation sites (N-methyl/N-ethyl adjacent to an activating group) is 1. The van der Waals surface area contributed by atoms with Crippen LogP contribution in [0.5, 0.6) is 0 Å². The van der Waals surface area contributed by atoms with Crippen molar-refractivity contribution in [2.24, 2.45) is 0 Å². The Morgan fingerprint density at radius 1 is 1.28 bits per heavy atom. The van der Waals surface area contributed by atoms with Crippen molar-refractivity contribution in [2.45, 2.75) is 30.8 Å². The second-order valence-electron chi connectivity index (χ2n) is 6.29. The summed E-state index contributed by atoms with van der Waals surface area (Å²) >= 11 is 1.43. The lowest BCUT2D eigenvalue weighted by molar-refractivity contribution is -0.902. The van der Waals surface area contributed by atoms with E-state index < -0.39 is 0 Å². The van der Waals surface area contributed by atoms with Gasteiger partial charge in [-0.25, -0.2) is 4.68 Å². The van der Waals surface area contributed by atoms with Gasteiger partial charge in [-0.2, -0.15) is 0 Å². The summed E-state index contributed by atoms with van der Waals surface area (Å²) in [5.41, 5.74) is 1.13. The maximum atomic E-state index is 12.7. The molecule has 8 heteroatoms. The van der Waals surface area contributed by atoms with Gasteiger partial charge in [0.15, 0.2) is 0 Å². The van der Waals surface area contributed by atoms with E-state index in [1.807, 2.05) is 42.2 Å². The first-order valence-electron chi connectivity index (χ1n) is 8.76. The predicted octanol–water partition coefficient (Wildman–Crippen LogP) is -0.0510. The molecule has 0 spiro atoms.